The van der Waals surface area contributed by atoms with Crippen LogP contribution in [-0.4, -0.2) is 54.8 Å². The number of nitrogens with one attached hydrogen (secondary N) is 1. The van der Waals surface area contributed by atoms with Crippen molar-refractivity contribution in [1.82, 2.24) is 0 Å². The number of hydrogen-bond acceptors (Lipinski definition) is 5. The lowest BCUT2D eigenvalue weighted by atomic mass is 10.1. The van der Waals surface area contributed by atoms with E-state index in [0.29, 0.717) is 0 Å². The molecule has 1 aliphatic carbocycles. The zero-order valence-corrected chi connectivity index (χ0v) is 15.5. The summed E-state index contributed by atoms with van der Waals surface area (Å²) in [6.45, 7) is 10.5. The molecule has 0 amide bonds. The molecular weight excluding hydrogens is 354 g/mol. The van der Waals surface area contributed by atoms with Crippen molar-refractivity contribution in [1.29, 1.82) is 0 Å². The van der Waals surface area contributed by atoms with Gasteiger partial charge < -0.3 is 9.45 Å². The summed E-state index contributed by atoms with van der Waals surface area (Å²) in [6.07, 6.45) is 0. The molecule has 0 heterocycles. The van der Waals surface area contributed by atoms with Gasteiger partial charge in [-0.2, -0.15) is 0 Å². The van der Waals surface area contributed by atoms with Crippen LogP contribution < -0.4 is 4.90 Å². The van der Waals surface area contributed by atoms with Crippen molar-refractivity contribution in [2.75, 3.05) is 25.4 Å². The summed E-state index contributed by atoms with van der Waals surface area (Å²) in [7, 11) is -4.77. The highest BCUT2D eigenvalue weighted by Gasteiger charge is 2.52. The van der Waals surface area contributed by atoms with Gasteiger partial charge in [-0.25, -0.2) is 8.42 Å². The van der Waals surface area contributed by atoms with Crippen molar-refractivity contribution < 1.29 is 27.5 Å². The van der Waals surface area contributed by atoms with Crippen LogP contribution in [0.1, 0.15) is 41.5 Å². The Morgan fingerprint density at radius 3 is 1.62 bits per heavy atom. The van der Waals surface area contributed by atoms with E-state index in [2.05, 4.69) is 20.8 Å². The lowest BCUT2D eigenvalue weighted by molar-refractivity contribution is -0.894. The van der Waals surface area contributed by atoms with E-state index in [4.69, 9.17) is 11.6 Å². The van der Waals surface area contributed by atoms with Crippen LogP contribution in [0.2, 0.25) is 0 Å². The van der Waals surface area contributed by atoms with Crippen molar-refractivity contribution in [3.8, 4) is 0 Å². The smallest absolute Gasteiger partial charge is 0.193 e. The van der Waals surface area contributed by atoms with Gasteiger partial charge in [0, 0.05) is 11.1 Å². The van der Waals surface area contributed by atoms with Crippen LogP contribution in [0.3, 0.4) is 0 Å². The Kier molecular flexibility index (Phi) is 7.10. The Morgan fingerprint density at radius 1 is 1.00 bits per heavy atom. The highest BCUT2D eigenvalue weighted by molar-refractivity contribution is 7.85. The number of rotatable bonds is 5. The van der Waals surface area contributed by atoms with Gasteiger partial charge in [-0.3, -0.25) is 9.59 Å². The largest absolute Gasteiger partial charge is 0.748 e. The van der Waals surface area contributed by atoms with E-state index in [1.54, 1.807) is 4.90 Å². The van der Waals surface area contributed by atoms with Gasteiger partial charge in [-0.15, -0.1) is 11.6 Å². The Balaban J connectivity index is 0.000000351. The van der Waals surface area contributed by atoms with E-state index < -0.39 is 32.3 Å². The first-order valence-electron chi connectivity index (χ1n) is 7.75. The maximum absolute atomic E-state index is 11.9. The van der Waals surface area contributed by atoms with E-state index in [9.17, 15) is 22.6 Å². The second-order valence-electron chi connectivity index (χ2n) is 5.52. The zero-order valence-electron chi connectivity index (χ0n) is 14.0. The van der Waals surface area contributed by atoms with Crippen molar-refractivity contribution in [3.63, 3.8) is 0 Å². The molecule has 2 rings (SSSR count). The summed E-state index contributed by atoms with van der Waals surface area (Å²) < 4.78 is 32.1. The topological polar surface area (TPSA) is 95.8 Å². The third-order valence-corrected chi connectivity index (χ3v) is 5.43. The average Bonchev–Trinajstić information content (AvgIpc) is 2.70. The van der Waals surface area contributed by atoms with Crippen LogP contribution in [-0.2, 0) is 10.1 Å². The quantitative estimate of drug-likeness (QED) is 0.460. The first kappa shape index (κ1) is 20.8. The fourth-order valence-electron chi connectivity index (χ4n) is 2.53. The first-order valence-corrected chi connectivity index (χ1v) is 9.70. The predicted octanol–water partition coefficient (Wildman–Crippen LogP) is 0.519. The molecule has 0 aliphatic heterocycles. The van der Waals surface area contributed by atoms with E-state index >= 15 is 0 Å². The molecule has 1 aliphatic rings. The molecule has 134 valence electrons. The molecule has 0 atom stereocenters. The highest BCUT2D eigenvalue weighted by Crippen LogP contribution is 2.35. The minimum Gasteiger partial charge on any atom is -0.748 e. The third-order valence-electron chi connectivity index (χ3n) is 4.01. The molecule has 0 aromatic heterocycles. The fraction of sp³-hybridized carbons (Fsp3) is 0.500. The number of carbonyl (C=O) groups is 2. The van der Waals surface area contributed by atoms with Crippen LogP contribution in [0.25, 0.3) is 0 Å². The first-order chi connectivity index (χ1) is 11.1. The van der Waals surface area contributed by atoms with E-state index in [-0.39, 0.29) is 11.1 Å². The molecule has 0 spiro atoms. The van der Waals surface area contributed by atoms with E-state index in [1.165, 1.54) is 43.9 Å². The Hall–Kier alpha value is -1.28. The molecule has 0 saturated carbocycles. The minimum absolute atomic E-state index is 0.0520. The minimum atomic E-state index is -4.77. The number of carbonyl (C=O) groups excluding carboxylic acids is 2. The Bertz CT molecular complexity index is 672. The number of benzene rings is 1. The number of ketones is 2. The summed E-state index contributed by atoms with van der Waals surface area (Å²) in [4.78, 5) is 23.1. The standard InChI is InChI=1S/C10H7ClO5S.C6H15N/c11-10(5-17(14,15)16)8(12)6-3-1-2-4-7(6)9(10)13;1-4-7(5-2)6-3/h1-4H,5H2,(H,14,15,16);4-6H2,1-3H3. The summed E-state index contributed by atoms with van der Waals surface area (Å²) in [6, 6.07) is 5.80. The van der Waals surface area contributed by atoms with Gasteiger partial charge >= 0.3 is 0 Å². The normalized spacial score (nSPS) is 15.9. The van der Waals surface area contributed by atoms with Crippen LogP contribution in [0.5, 0.6) is 0 Å². The summed E-state index contributed by atoms with van der Waals surface area (Å²) in [5, 5.41) is 0. The molecular formula is C16H22ClNO5S. The molecule has 0 radical (unpaired) electrons. The molecule has 1 aromatic rings. The van der Waals surface area contributed by atoms with E-state index in [0.717, 1.165) is 0 Å². The molecule has 8 heteroatoms. The number of halogens is 1. The van der Waals surface area contributed by atoms with Gasteiger partial charge in [0.1, 0.15) is 0 Å². The average molecular weight is 376 g/mol. The molecule has 0 unspecified atom stereocenters. The van der Waals surface area contributed by atoms with Crippen molar-refractivity contribution in [3.05, 3.63) is 35.4 Å². The molecule has 1 aromatic carbocycles. The number of hydrogen-bond donors (Lipinski definition) is 1. The second kappa shape index (κ2) is 8.20. The number of quaternary nitrogens is 1. The Morgan fingerprint density at radius 2 is 1.38 bits per heavy atom. The van der Waals surface area contributed by atoms with Crippen molar-refractivity contribution in [2.24, 2.45) is 0 Å². The van der Waals surface area contributed by atoms with Gasteiger partial charge in [0.25, 0.3) is 0 Å². The third kappa shape index (κ3) is 4.63. The summed E-state index contributed by atoms with van der Waals surface area (Å²) >= 11 is 5.74. The zero-order chi connectivity index (χ0) is 18.5. The molecule has 0 bridgehead atoms. The summed E-state index contributed by atoms with van der Waals surface area (Å²) in [5.74, 6) is -2.90. The van der Waals surface area contributed by atoms with Gasteiger partial charge in [-0.05, 0) is 20.8 Å². The summed E-state index contributed by atoms with van der Waals surface area (Å²) in [5.41, 5.74) is 0.104. The lowest BCUT2D eigenvalue weighted by Crippen LogP contribution is -3.11. The molecule has 0 fully saturated rings. The number of fused-ring (bicyclic) bond motifs is 1. The monoisotopic (exact) mass is 375 g/mol. The van der Waals surface area contributed by atoms with Gasteiger partial charge in [0.05, 0.1) is 35.5 Å². The maximum Gasteiger partial charge on any atom is 0.193 e. The lowest BCUT2D eigenvalue weighted by Gasteiger charge is -2.19. The van der Waals surface area contributed by atoms with Crippen LogP contribution in [0.4, 0.5) is 0 Å². The van der Waals surface area contributed by atoms with Crippen molar-refractivity contribution >= 4 is 33.3 Å². The molecule has 6 nitrogen and oxygen atoms in total. The highest BCUT2D eigenvalue weighted by atomic mass is 35.5. The van der Waals surface area contributed by atoms with Gasteiger partial charge in [0.15, 0.2) is 16.4 Å². The number of alkyl halides is 1. The second-order valence-corrected chi connectivity index (χ2v) is 7.57. The molecule has 1 N–H and O–H groups in total. The van der Waals surface area contributed by atoms with Crippen LogP contribution in [0.15, 0.2) is 24.3 Å². The van der Waals surface area contributed by atoms with Gasteiger partial charge in [0.2, 0.25) is 0 Å². The van der Waals surface area contributed by atoms with Crippen LogP contribution in [0, 0.1) is 0 Å². The fourth-order valence-corrected chi connectivity index (χ4v) is 3.89. The van der Waals surface area contributed by atoms with Crippen molar-refractivity contribution in [2.45, 2.75) is 25.6 Å². The molecule has 24 heavy (non-hydrogen) atoms. The SMILES string of the molecule is CC[NH+](CC)CC.O=C1c2ccccc2C(=O)C1(Cl)CS(=O)(=O)[O-]. The Labute approximate surface area is 147 Å². The van der Waals surface area contributed by atoms with Gasteiger partial charge in [-0.1, -0.05) is 24.3 Å². The number of Topliss-reactive ketones (excluding diaryl/α,β-unsaturated/α-hetero) is 2. The maximum atomic E-state index is 11.9. The molecule has 0 saturated heterocycles. The van der Waals surface area contributed by atoms with E-state index in [1.807, 2.05) is 0 Å². The predicted molar refractivity (Wildman–Crippen MR) is 90.8 cm³/mol. The van der Waals surface area contributed by atoms with Crippen LogP contribution >= 0.6 is 11.6 Å².